The van der Waals surface area contributed by atoms with E-state index in [1.165, 1.54) is 0 Å². The minimum atomic E-state index is -0.709. The first-order chi connectivity index (χ1) is 15.9. The topological polar surface area (TPSA) is 69.0 Å². The van der Waals surface area contributed by atoms with Crippen molar-refractivity contribution in [3.8, 4) is 22.8 Å². The monoisotopic (exact) mass is 466 g/mol. The van der Waals surface area contributed by atoms with E-state index < -0.39 is 17.5 Å². The van der Waals surface area contributed by atoms with Gasteiger partial charge < -0.3 is 10.1 Å². The number of nitrogens with one attached hydrogen (secondary N) is 1. The Morgan fingerprint density at radius 1 is 1.03 bits per heavy atom. The number of rotatable bonds is 7. The number of ether oxygens (including phenoxy) is 1. The molecule has 0 spiro atoms. The van der Waals surface area contributed by atoms with Crippen LogP contribution in [-0.2, 0) is 4.79 Å². The van der Waals surface area contributed by atoms with E-state index in [9.17, 15) is 13.6 Å². The molecule has 0 radical (unpaired) electrons. The first-order valence-corrected chi connectivity index (χ1v) is 11.0. The molecule has 0 aliphatic rings. The summed E-state index contributed by atoms with van der Waals surface area (Å²) in [6.45, 7) is 1.99. The summed E-state index contributed by atoms with van der Waals surface area (Å²) in [4.78, 5) is 12.4. The Balaban J connectivity index is 1.60. The Bertz CT molecular complexity index is 1270. The predicted molar refractivity (Wildman–Crippen MR) is 124 cm³/mol. The molecule has 0 bridgehead atoms. The smallest absolute Gasteiger partial charge is 0.234 e. The molecule has 1 aromatic heterocycles. The molecule has 4 rings (SSSR count). The third kappa shape index (κ3) is 5.20. The summed E-state index contributed by atoms with van der Waals surface area (Å²) >= 11 is 1.14. The van der Waals surface area contributed by atoms with Crippen LogP contribution in [0.3, 0.4) is 0 Å². The number of benzene rings is 3. The van der Waals surface area contributed by atoms with E-state index in [0.29, 0.717) is 11.0 Å². The van der Waals surface area contributed by atoms with Crippen molar-refractivity contribution in [2.45, 2.75) is 12.1 Å². The van der Waals surface area contributed by atoms with Gasteiger partial charge in [-0.25, -0.2) is 8.78 Å². The number of amides is 1. The van der Waals surface area contributed by atoms with Gasteiger partial charge in [0.15, 0.2) is 11.0 Å². The fourth-order valence-electron chi connectivity index (χ4n) is 3.13. The second-order valence-corrected chi connectivity index (χ2v) is 8.11. The normalized spacial score (nSPS) is 10.8. The van der Waals surface area contributed by atoms with Crippen molar-refractivity contribution in [1.82, 2.24) is 14.8 Å². The highest BCUT2D eigenvalue weighted by Crippen LogP contribution is 2.29. The number of anilines is 1. The molecule has 0 aliphatic carbocycles. The molecule has 0 aliphatic heterocycles. The summed E-state index contributed by atoms with van der Waals surface area (Å²) in [5.41, 5.74) is 2.54. The number of carbonyl (C=O) groups is 1. The van der Waals surface area contributed by atoms with Gasteiger partial charge in [-0.15, -0.1) is 10.2 Å². The van der Waals surface area contributed by atoms with Crippen LogP contribution in [0.2, 0.25) is 0 Å². The number of aryl methyl sites for hydroxylation is 1. The largest absolute Gasteiger partial charge is 0.497 e. The maximum atomic E-state index is 13.8. The van der Waals surface area contributed by atoms with Crippen molar-refractivity contribution in [2.75, 3.05) is 18.2 Å². The Labute approximate surface area is 193 Å². The maximum Gasteiger partial charge on any atom is 0.234 e. The van der Waals surface area contributed by atoms with Gasteiger partial charge in [-0.05, 0) is 55.5 Å². The molecule has 0 unspecified atom stereocenters. The SMILES string of the molecule is COc1ccc(-c2nnc(SCC(=O)Nc3cc(F)ccc3F)n2-c2ccc(C)cc2)cc1. The van der Waals surface area contributed by atoms with Gasteiger partial charge in [0.2, 0.25) is 5.91 Å². The van der Waals surface area contributed by atoms with Crippen LogP contribution in [0.15, 0.2) is 71.9 Å². The lowest BCUT2D eigenvalue weighted by atomic mass is 10.2. The van der Waals surface area contributed by atoms with E-state index in [1.54, 1.807) is 7.11 Å². The minimum Gasteiger partial charge on any atom is -0.497 e. The minimum absolute atomic E-state index is 0.0669. The summed E-state index contributed by atoms with van der Waals surface area (Å²) in [6, 6.07) is 18.1. The van der Waals surface area contributed by atoms with E-state index in [4.69, 9.17) is 4.74 Å². The predicted octanol–water partition coefficient (Wildman–Crippen LogP) is 5.26. The standard InChI is InChI=1S/C24H20F2N4O2S/c1-15-3-8-18(9-4-15)30-23(16-5-10-19(32-2)11-6-16)28-29-24(30)33-14-22(31)27-21-13-17(25)7-12-20(21)26/h3-13H,14H2,1-2H3,(H,27,31). The molecule has 0 fully saturated rings. The van der Waals surface area contributed by atoms with Crippen molar-refractivity contribution in [2.24, 2.45) is 0 Å². The van der Waals surface area contributed by atoms with Gasteiger partial charge >= 0.3 is 0 Å². The average molecular weight is 467 g/mol. The van der Waals surface area contributed by atoms with Crippen LogP contribution in [0.25, 0.3) is 17.1 Å². The molecular formula is C24H20F2N4O2S. The number of halogens is 2. The number of thioether (sulfide) groups is 1. The Kier molecular flexibility index (Phi) is 6.69. The second kappa shape index (κ2) is 9.83. The molecule has 0 atom stereocenters. The van der Waals surface area contributed by atoms with Crippen LogP contribution in [-0.4, -0.2) is 33.5 Å². The summed E-state index contributed by atoms with van der Waals surface area (Å²) in [7, 11) is 1.60. The molecular weight excluding hydrogens is 446 g/mol. The molecule has 0 saturated heterocycles. The van der Waals surface area contributed by atoms with Crippen molar-refractivity contribution in [3.05, 3.63) is 83.9 Å². The first-order valence-electron chi connectivity index (χ1n) is 9.99. The highest BCUT2D eigenvalue weighted by molar-refractivity contribution is 7.99. The highest BCUT2D eigenvalue weighted by atomic mass is 32.2. The molecule has 1 amide bonds. The summed E-state index contributed by atoms with van der Waals surface area (Å²) in [5, 5.41) is 11.5. The van der Waals surface area contributed by atoms with Crippen LogP contribution in [0.5, 0.6) is 5.75 Å². The van der Waals surface area contributed by atoms with Crippen molar-refractivity contribution < 1.29 is 18.3 Å². The maximum absolute atomic E-state index is 13.8. The van der Waals surface area contributed by atoms with Crippen LogP contribution in [0.4, 0.5) is 14.5 Å². The Morgan fingerprint density at radius 3 is 2.45 bits per heavy atom. The van der Waals surface area contributed by atoms with E-state index in [0.717, 1.165) is 52.5 Å². The number of nitrogens with zero attached hydrogens (tertiary/aromatic N) is 3. The fourth-order valence-corrected chi connectivity index (χ4v) is 3.88. The zero-order valence-electron chi connectivity index (χ0n) is 17.9. The van der Waals surface area contributed by atoms with Gasteiger partial charge in [0, 0.05) is 17.3 Å². The lowest BCUT2D eigenvalue weighted by molar-refractivity contribution is -0.113. The third-order valence-corrected chi connectivity index (χ3v) is 5.74. The molecule has 1 N–H and O–H groups in total. The summed E-state index contributed by atoms with van der Waals surface area (Å²) in [6.07, 6.45) is 0. The van der Waals surface area contributed by atoms with Gasteiger partial charge in [-0.3, -0.25) is 9.36 Å². The molecule has 9 heteroatoms. The molecule has 168 valence electrons. The average Bonchev–Trinajstić information content (AvgIpc) is 3.24. The molecule has 1 heterocycles. The fraction of sp³-hybridized carbons (Fsp3) is 0.125. The summed E-state index contributed by atoms with van der Waals surface area (Å²) in [5.74, 6) is -0.588. The van der Waals surface area contributed by atoms with Gasteiger partial charge in [0.05, 0.1) is 18.6 Å². The zero-order chi connectivity index (χ0) is 23.4. The number of aromatic nitrogens is 3. The number of hydrogen-bond donors (Lipinski definition) is 1. The Morgan fingerprint density at radius 2 is 1.76 bits per heavy atom. The quantitative estimate of drug-likeness (QED) is 0.376. The lowest BCUT2D eigenvalue weighted by Crippen LogP contribution is -2.15. The Hall–Kier alpha value is -3.72. The van der Waals surface area contributed by atoms with E-state index >= 15 is 0 Å². The van der Waals surface area contributed by atoms with Gasteiger partial charge in [0.25, 0.3) is 0 Å². The first kappa shape index (κ1) is 22.5. The van der Waals surface area contributed by atoms with Crippen LogP contribution < -0.4 is 10.1 Å². The third-order valence-electron chi connectivity index (χ3n) is 4.81. The molecule has 0 saturated carbocycles. The number of carbonyl (C=O) groups excluding carboxylic acids is 1. The van der Waals surface area contributed by atoms with Crippen molar-refractivity contribution in [1.29, 1.82) is 0 Å². The van der Waals surface area contributed by atoms with Crippen LogP contribution in [0, 0.1) is 18.6 Å². The highest BCUT2D eigenvalue weighted by Gasteiger charge is 2.18. The van der Waals surface area contributed by atoms with Gasteiger partial charge in [-0.2, -0.15) is 0 Å². The van der Waals surface area contributed by atoms with E-state index in [-0.39, 0.29) is 11.4 Å². The van der Waals surface area contributed by atoms with Crippen molar-refractivity contribution >= 4 is 23.4 Å². The molecule has 6 nitrogen and oxygen atoms in total. The van der Waals surface area contributed by atoms with E-state index in [1.807, 2.05) is 60.0 Å². The molecule has 33 heavy (non-hydrogen) atoms. The lowest BCUT2D eigenvalue weighted by Gasteiger charge is -2.11. The van der Waals surface area contributed by atoms with E-state index in [2.05, 4.69) is 15.5 Å². The zero-order valence-corrected chi connectivity index (χ0v) is 18.7. The van der Waals surface area contributed by atoms with Crippen molar-refractivity contribution in [3.63, 3.8) is 0 Å². The number of methoxy groups -OCH3 is 1. The van der Waals surface area contributed by atoms with Crippen LogP contribution >= 0.6 is 11.8 Å². The van der Waals surface area contributed by atoms with Crippen LogP contribution in [0.1, 0.15) is 5.56 Å². The molecule has 4 aromatic rings. The van der Waals surface area contributed by atoms with Gasteiger partial charge in [0.1, 0.15) is 17.4 Å². The second-order valence-electron chi connectivity index (χ2n) is 7.17. The number of hydrogen-bond acceptors (Lipinski definition) is 5. The summed E-state index contributed by atoms with van der Waals surface area (Å²) < 4.78 is 34.3. The van der Waals surface area contributed by atoms with Gasteiger partial charge in [-0.1, -0.05) is 29.5 Å². The molecule has 3 aromatic carbocycles.